The number of rotatable bonds is 8. The van der Waals surface area contributed by atoms with Gasteiger partial charge in [-0.15, -0.1) is 13.2 Å². The van der Waals surface area contributed by atoms with E-state index in [4.69, 9.17) is 9.47 Å². The Balaban J connectivity index is 0.00000102. The van der Waals surface area contributed by atoms with Crippen LogP contribution in [0, 0.1) is 0 Å². The fourth-order valence-electron chi connectivity index (χ4n) is 5.53. The number of hydrogen-bond acceptors (Lipinski definition) is 4. The lowest BCUT2D eigenvalue weighted by Crippen LogP contribution is -2.32. The summed E-state index contributed by atoms with van der Waals surface area (Å²) >= 11 is 0. The van der Waals surface area contributed by atoms with E-state index in [2.05, 4.69) is 108 Å². The molecule has 4 aromatic carbocycles. The summed E-state index contributed by atoms with van der Waals surface area (Å²) in [5, 5.41) is 0. The van der Waals surface area contributed by atoms with Crippen LogP contribution in [0.25, 0.3) is 0 Å². The summed E-state index contributed by atoms with van der Waals surface area (Å²) in [7, 11) is 0. The molecule has 0 N–H and O–H groups in total. The number of allylic oxidation sites excluding steroid dienone is 2. The molecule has 0 spiro atoms. The van der Waals surface area contributed by atoms with Crippen molar-refractivity contribution in [3.8, 4) is 11.5 Å². The predicted molar refractivity (Wildman–Crippen MR) is 182 cm³/mol. The zero-order valence-corrected chi connectivity index (χ0v) is 26.3. The molecule has 4 nitrogen and oxygen atoms in total. The third-order valence-corrected chi connectivity index (χ3v) is 7.55. The number of ether oxygens (including phenoxy) is 2. The highest BCUT2D eigenvalue weighted by Crippen LogP contribution is 2.33. The molecule has 0 fully saturated rings. The molecule has 43 heavy (non-hydrogen) atoms. The zero-order chi connectivity index (χ0) is 30.6. The van der Waals surface area contributed by atoms with E-state index in [0.717, 1.165) is 43.9 Å². The van der Waals surface area contributed by atoms with Crippen molar-refractivity contribution in [2.75, 3.05) is 23.3 Å². The Morgan fingerprint density at radius 3 is 1.35 bits per heavy atom. The van der Waals surface area contributed by atoms with E-state index in [1.165, 1.54) is 44.8 Å². The molecule has 0 unspecified atom stereocenters. The van der Waals surface area contributed by atoms with E-state index >= 15 is 0 Å². The summed E-state index contributed by atoms with van der Waals surface area (Å²) in [6.45, 7) is 18.6. The van der Waals surface area contributed by atoms with Gasteiger partial charge in [0.2, 0.25) is 0 Å². The first kappa shape index (κ1) is 31.5. The minimum Gasteiger partial charge on any atom is -0.472 e. The molecule has 2 aliphatic rings. The monoisotopic (exact) mass is 574 g/mol. The van der Waals surface area contributed by atoms with Gasteiger partial charge >= 0.3 is 0 Å². The van der Waals surface area contributed by atoms with E-state index in [0.29, 0.717) is 13.5 Å². The first-order chi connectivity index (χ1) is 21.2. The van der Waals surface area contributed by atoms with Crippen LogP contribution in [0.4, 0.5) is 11.4 Å². The lowest BCUT2D eigenvalue weighted by Gasteiger charge is -2.32. The largest absolute Gasteiger partial charge is 0.472 e. The van der Waals surface area contributed by atoms with Gasteiger partial charge in [0.05, 0.1) is 0 Å². The Bertz CT molecular complexity index is 1360. The molecule has 0 aromatic heterocycles. The van der Waals surface area contributed by atoms with Crippen LogP contribution in [0.2, 0.25) is 0 Å². The number of fused-ring (bicyclic) bond motifs is 2. The van der Waals surface area contributed by atoms with E-state index in [1.54, 1.807) is 0 Å². The molecular weight excluding hydrogens is 528 g/mol. The fraction of sp³-hybridized carbons (Fsp3) is 0.282. The summed E-state index contributed by atoms with van der Waals surface area (Å²) in [6, 6.07) is 30.5. The maximum absolute atomic E-state index is 6.16. The molecule has 4 aromatic rings. The van der Waals surface area contributed by atoms with E-state index < -0.39 is 0 Å². The van der Waals surface area contributed by atoms with Gasteiger partial charge in [-0.05, 0) is 65.8 Å². The van der Waals surface area contributed by atoms with Crippen molar-refractivity contribution in [1.82, 2.24) is 0 Å². The number of benzene rings is 4. The van der Waals surface area contributed by atoms with E-state index in [-0.39, 0.29) is 0 Å². The maximum atomic E-state index is 6.16. The molecule has 6 rings (SSSR count). The second kappa shape index (κ2) is 15.7. The second-order valence-electron chi connectivity index (χ2n) is 10.2. The van der Waals surface area contributed by atoms with Crippen LogP contribution in [0.1, 0.15) is 61.1 Å². The van der Waals surface area contributed by atoms with Gasteiger partial charge in [0, 0.05) is 35.6 Å². The van der Waals surface area contributed by atoms with Crippen molar-refractivity contribution >= 4 is 11.4 Å². The smallest absolute Gasteiger partial charge is 0.161 e. The van der Waals surface area contributed by atoms with Crippen LogP contribution >= 0.6 is 0 Å². The van der Waals surface area contributed by atoms with Crippen LogP contribution in [-0.4, -0.2) is 13.5 Å². The van der Waals surface area contributed by atoms with Gasteiger partial charge in [-0.2, -0.15) is 0 Å². The highest BCUT2D eigenvalue weighted by atomic mass is 16.5. The summed E-state index contributed by atoms with van der Waals surface area (Å²) < 4.78 is 12.3. The topological polar surface area (TPSA) is 24.9 Å². The van der Waals surface area contributed by atoms with Crippen molar-refractivity contribution in [2.45, 2.75) is 60.0 Å². The van der Waals surface area contributed by atoms with Gasteiger partial charge < -0.3 is 19.3 Å². The minimum atomic E-state index is 0.558. The first-order valence-corrected chi connectivity index (χ1v) is 15.6. The predicted octanol–water partition coefficient (Wildman–Crippen LogP) is 9.50. The van der Waals surface area contributed by atoms with Crippen molar-refractivity contribution in [3.63, 3.8) is 0 Å². The Labute approximate surface area is 258 Å². The minimum absolute atomic E-state index is 0.558. The lowest BCUT2D eigenvalue weighted by atomic mass is 10.0. The van der Waals surface area contributed by atoms with Gasteiger partial charge in [0.15, 0.2) is 13.5 Å². The molecule has 0 saturated heterocycles. The van der Waals surface area contributed by atoms with Gasteiger partial charge in [-0.25, -0.2) is 0 Å². The van der Waals surface area contributed by atoms with E-state index in [9.17, 15) is 0 Å². The maximum Gasteiger partial charge on any atom is 0.161 e. The van der Waals surface area contributed by atoms with Crippen LogP contribution in [0.3, 0.4) is 0 Å². The average molecular weight is 575 g/mol. The summed E-state index contributed by atoms with van der Waals surface area (Å²) in [4.78, 5) is 4.55. The summed E-state index contributed by atoms with van der Waals surface area (Å²) in [6.07, 6.45) is 6.41. The standard InChI is InChI=1S/C35H34N2O2.2C2H6/c1-3-7-28-9-5-11-30-22-36(24-38-34(28)30)32-17-13-26(14-18-32)21-27-15-19-33(20-16-27)37-23-31-12-6-10-29(8-4-2)35(31)39-25-37;2*1-2/h3-6,9-20H,1-2,7-8,21-25H2;2*1-2H3. The molecule has 2 aliphatic heterocycles. The normalized spacial score (nSPS) is 13.0. The quantitative estimate of drug-likeness (QED) is 0.196. The highest BCUT2D eigenvalue weighted by molar-refractivity contribution is 5.55. The number of anilines is 2. The molecular formula is C39H46N2O2. The van der Waals surface area contributed by atoms with Crippen LogP contribution in [0.15, 0.2) is 110 Å². The van der Waals surface area contributed by atoms with Gasteiger partial charge in [-0.3, -0.25) is 0 Å². The number of nitrogens with zero attached hydrogens (tertiary/aromatic N) is 2. The molecule has 224 valence electrons. The van der Waals surface area contributed by atoms with Crippen LogP contribution in [0.5, 0.6) is 11.5 Å². The Kier molecular flexibility index (Phi) is 11.5. The number of para-hydroxylation sites is 2. The number of hydrogen-bond donors (Lipinski definition) is 0. The summed E-state index contributed by atoms with van der Waals surface area (Å²) in [5.74, 6) is 2.04. The third-order valence-electron chi connectivity index (χ3n) is 7.55. The highest BCUT2D eigenvalue weighted by Gasteiger charge is 2.21. The van der Waals surface area contributed by atoms with Crippen molar-refractivity contribution in [3.05, 3.63) is 144 Å². The van der Waals surface area contributed by atoms with Crippen molar-refractivity contribution in [1.29, 1.82) is 0 Å². The zero-order valence-electron chi connectivity index (χ0n) is 26.3. The molecule has 0 aliphatic carbocycles. The first-order valence-electron chi connectivity index (χ1n) is 15.6. The van der Waals surface area contributed by atoms with Crippen molar-refractivity contribution < 1.29 is 9.47 Å². The molecule has 0 amide bonds. The molecule has 0 saturated carbocycles. The van der Waals surface area contributed by atoms with Gasteiger partial charge in [0.25, 0.3) is 0 Å². The molecule has 4 heteroatoms. The molecule has 0 atom stereocenters. The molecule has 0 bridgehead atoms. The summed E-state index contributed by atoms with van der Waals surface area (Å²) in [5.41, 5.74) is 9.81. The Morgan fingerprint density at radius 2 is 0.977 bits per heavy atom. The fourth-order valence-corrected chi connectivity index (χ4v) is 5.53. The van der Waals surface area contributed by atoms with Gasteiger partial charge in [0.1, 0.15) is 11.5 Å². The third kappa shape index (κ3) is 7.50. The Morgan fingerprint density at radius 1 is 0.581 bits per heavy atom. The van der Waals surface area contributed by atoms with E-state index in [1.807, 2.05) is 39.8 Å². The SMILES string of the molecule is C=CCc1cccc2c1OCN(c1ccc(Cc3ccc(N4COc5c(CC=C)cccc5C4)cc3)cc1)C2.CC.CC. The molecule has 2 heterocycles. The second-order valence-corrected chi connectivity index (χ2v) is 10.2. The van der Waals surface area contributed by atoms with Crippen molar-refractivity contribution in [2.24, 2.45) is 0 Å². The average Bonchev–Trinajstić information content (AvgIpc) is 3.07. The van der Waals surface area contributed by atoms with Crippen LogP contribution in [-0.2, 0) is 32.4 Å². The van der Waals surface area contributed by atoms with Gasteiger partial charge in [-0.1, -0.05) is 101 Å². The lowest BCUT2D eigenvalue weighted by molar-refractivity contribution is 0.286. The Hall–Kier alpha value is -4.44. The molecule has 0 radical (unpaired) electrons. The van der Waals surface area contributed by atoms with Crippen LogP contribution < -0.4 is 19.3 Å².